The summed E-state index contributed by atoms with van der Waals surface area (Å²) < 4.78 is 86.2. The Morgan fingerprint density at radius 3 is 2.46 bits per heavy atom. The lowest BCUT2D eigenvalue weighted by atomic mass is 9.86. The highest BCUT2D eigenvalue weighted by Crippen LogP contribution is 2.36. The molecule has 0 amide bonds. The minimum atomic E-state index is -4.26. The number of ether oxygens (including phenoxy) is 1. The third kappa shape index (κ3) is 6.45. The maximum Gasteiger partial charge on any atom is 0.340 e. The SMILES string of the molecule is C[C@@H](n1cc(/C=C\c2ccc(OCC(F)(F)C(F)F)cc2)nn1)[C@](O)(Cn1cncn1)c1ccc(F)cc1F. The zero-order chi connectivity index (χ0) is 28.2. The van der Waals surface area contributed by atoms with Gasteiger partial charge in [-0.25, -0.2) is 31.9 Å². The summed E-state index contributed by atoms with van der Waals surface area (Å²) in [5.74, 6) is -6.02. The molecule has 0 fully saturated rings. The van der Waals surface area contributed by atoms with Gasteiger partial charge in [0.05, 0.1) is 18.8 Å². The van der Waals surface area contributed by atoms with Crippen molar-refractivity contribution in [2.45, 2.75) is 37.5 Å². The molecule has 0 aliphatic rings. The lowest BCUT2D eigenvalue weighted by molar-refractivity contribution is -0.148. The van der Waals surface area contributed by atoms with Crippen LogP contribution < -0.4 is 4.74 Å². The molecule has 4 rings (SSSR count). The number of halogens is 6. The number of aromatic nitrogens is 6. The van der Waals surface area contributed by atoms with Crippen molar-refractivity contribution in [3.05, 3.63) is 89.8 Å². The van der Waals surface area contributed by atoms with E-state index in [1.165, 1.54) is 52.5 Å². The van der Waals surface area contributed by atoms with Crippen molar-refractivity contribution < 1.29 is 36.2 Å². The minimum Gasteiger partial charge on any atom is -0.487 e. The first kappa shape index (κ1) is 27.8. The predicted molar refractivity (Wildman–Crippen MR) is 127 cm³/mol. The Hall–Kier alpha value is -4.20. The first-order chi connectivity index (χ1) is 18.5. The highest BCUT2D eigenvalue weighted by Gasteiger charge is 2.42. The molecule has 0 unspecified atom stereocenters. The average Bonchev–Trinajstić information content (AvgIpc) is 3.58. The van der Waals surface area contributed by atoms with Crippen LogP contribution in [0.1, 0.15) is 29.8 Å². The third-order valence-corrected chi connectivity index (χ3v) is 5.96. The van der Waals surface area contributed by atoms with Crippen molar-refractivity contribution in [2.75, 3.05) is 6.61 Å². The molecule has 0 radical (unpaired) electrons. The highest BCUT2D eigenvalue weighted by molar-refractivity contribution is 5.67. The third-order valence-electron chi connectivity index (χ3n) is 5.96. The molecule has 206 valence electrons. The lowest BCUT2D eigenvalue weighted by Gasteiger charge is -2.34. The second-order valence-corrected chi connectivity index (χ2v) is 8.69. The Balaban J connectivity index is 1.50. The van der Waals surface area contributed by atoms with E-state index in [9.17, 15) is 31.4 Å². The van der Waals surface area contributed by atoms with Crippen LogP contribution in [-0.4, -0.2) is 53.8 Å². The van der Waals surface area contributed by atoms with Gasteiger partial charge in [0, 0.05) is 11.6 Å². The molecular weight excluding hydrogens is 530 g/mol. The number of benzene rings is 2. The Morgan fingerprint density at radius 1 is 1.08 bits per heavy atom. The van der Waals surface area contributed by atoms with Crippen molar-refractivity contribution in [1.82, 2.24) is 29.8 Å². The standard InChI is InChI=1S/C25H22F6N6O2/c1-16(24(38,12-36-15-32-14-33-36)21-9-5-18(26)10-22(21)27)37-11-19(34-35-37)6-2-17-3-7-20(8-4-17)39-13-25(30,31)23(28)29/h2-11,14-16,23,38H,12-13H2,1H3/b6-2-/t16-,24-/m1/s1. The summed E-state index contributed by atoms with van der Waals surface area (Å²) in [5.41, 5.74) is -1.13. The normalized spacial score (nSPS) is 14.6. The Bertz CT molecular complexity index is 1410. The zero-order valence-corrected chi connectivity index (χ0v) is 20.3. The van der Waals surface area contributed by atoms with Crippen molar-refractivity contribution >= 4 is 12.2 Å². The summed E-state index contributed by atoms with van der Waals surface area (Å²) in [6, 6.07) is 7.69. The van der Waals surface area contributed by atoms with Crippen molar-refractivity contribution in [3.8, 4) is 5.75 Å². The van der Waals surface area contributed by atoms with Crippen LogP contribution in [0.5, 0.6) is 5.75 Å². The topological polar surface area (TPSA) is 90.9 Å². The summed E-state index contributed by atoms with van der Waals surface area (Å²) in [4.78, 5) is 3.83. The molecule has 2 heterocycles. The molecule has 0 spiro atoms. The van der Waals surface area contributed by atoms with Gasteiger partial charge in [-0.15, -0.1) is 5.10 Å². The van der Waals surface area contributed by atoms with Gasteiger partial charge in [0.1, 0.15) is 41.3 Å². The molecule has 0 saturated heterocycles. The number of hydrogen-bond donors (Lipinski definition) is 1. The molecule has 1 N–H and O–H groups in total. The fourth-order valence-corrected chi connectivity index (χ4v) is 3.72. The second-order valence-electron chi connectivity index (χ2n) is 8.69. The number of nitrogens with zero attached hydrogens (tertiary/aromatic N) is 6. The molecule has 0 aliphatic carbocycles. The van der Waals surface area contributed by atoms with Gasteiger partial charge in [-0.05, 0) is 36.8 Å². The van der Waals surface area contributed by atoms with Gasteiger partial charge < -0.3 is 9.84 Å². The molecule has 0 aliphatic heterocycles. The number of hydrogen-bond acceptors (Lipinski definition) is 6. The van der Waals surface area contributed by atoms with Gasteiger partial charge in [-0.2, -0.15) is 13.9 Å². The minimum absolute atomic E-state index is 0.00747. The van der Waals surface area contributed by atoms with E-state index in [1.54, 1.807) is 19.1 Å². The second kappa shape index (κ2) is 11.3. The summed E-state index contributed by atoms with van der Waals surface area (Å²) in [6.07, 6.45) is 3.46. The number of rotatable bonds is 11. The first-order valence-corrected chi connectivity index (χ1v) is 11.5. The molecule has 0 saturated carbocycles. The maximum atomic E-state index is 14.8. The van der Waals surface area contributed by atoms with Crippen molar-refractivity contribution in [1.29, 1.82) is 0 Å². The van der Waals surface area contributed by atoms with E-state index in [-0.39, 0.29) is 17.9 Å². The maximum absolute atomic E-state index is 14.8. The van der Waals surface area contributed by atoms with Crippen molar-refractivity contribution in [3.63, 3.8) is 0 Å². The Morgan fingerprint density at radius 2 is 1.82 bits per heavy atom. The smallest absolute Gasteiger partial charge is 0.340 e. The van der Waals surface area contributed by atoms with Gasteiger partial charge in [-0.3, -0.25) is 0 Å². The van der Waals surface area contributed by atoms with E-state index >= 15 is 0 Å². The van der Waals surface area contributed by atoms with E-state index in [0.717, 1.165) is 12.1 Å². The molecule has 2 atom stereocenters. The van der Waals surface area contributed by atoms with Gasteiger partial charge in [-0.1, -0.05) is 29.5 Å². The fraction of sp³-hybridized carbons (Fsp3) is 0.280. The van der Waals surface area contributed by atoms with Crippen LogP contribution in [0.4, 0.5) is 26.3 Å². The van der Waals surface area contributed by atoms with Crippen LogP contribution in [0.15, 0.2) is 61.3 Å². The lowest BCUT2D eigenvalue weighted by Crippen LogP contribution is -2.41. The van der Waals surface area contributed by atoms with E-state index in [0.29, 0.717) is 17.3 Å². The molecule has 2 aromatic heterocycles. The molecule has 0 bridgehead atoms. The van der Waals surface area contributed by atoms with Crippen LogP contribution in [-0.2, 0) is 12.1 Å². The van der Waals surface area contributed by atoms with E-state index in [2.05, 4.69) is 20.4 Å². The summed E-state index contributed by atoms with van der Waals surface area (Å²) in [5, 5.41) is 23.7. The van der Waals surface area contributed by atoms with Gasteiger partial charge in [0.15, 0.2) is 6.61 Å². The van der Waals surface area contributed by atoms with Crippen LogP contribution in [0.25, 0.3) is 12.2 Å². The summed E-state index contributed by atoms with van der Waals surface area (Å²) in [7, 11) is 0. The highest BCUT2D eigenvalue weighted by atomic mass is 19.3. The van der Waals surface area contributed by atoms with Gasteiger partial charge in [0.25, 0.3) is 0 Å². The van der Waals surface area contributed by atoms with Crippen LogP contribution in [0, 0.1) is 11.6 Å². The van der Waals surface area contributed by atoms with E-state index < -0.39 is 42.2 Å². The fourth-order valence-electron chi connectivity index (χ4n) is 3.72. The zero-order valence-electron chi connectivity index (χ0n) is 20.3. The molecular formula is C25H22F6N6O2. The van der Waals surface area contributed by atoms with E-state index in [1.807, 2.05) is 0 Å². The predicted octanol–water partition coefficient (Wildman–Crippen LogP) is 4.75. The number of alkyl halides is 4. The molecule has 8 nitrogen and oxygen atoms in total. The summed E-state index contributed by atoms with van der Waals surface area (Å²) in [6.45, 7) is -0.0934. The Kier molecular flexibility index (Phi) is 8.04. The van der Waals surface area contributed by atoms with Crippen molar-refractivity contribution in [2.24, 2.45) is 0 Å². The monoisotopic (exact) mass is 552 g/mol. The summed E-state index contributed by atoms with van der Waals surface area (Å²) >= 11 is 0. The number of aliphatic hydroxyl groups is 1. The van der Waals surface area contributed by atoms with Crippen LogP contribution >= 0.6 is 0 Å². The molecule has 4 aromatic rings. The molecule has 2 aromatic carbocycles. The molecule has 39 heavy (non-hydrogen) atoms. The average molecular weight is 552 g/mol. The molecule has 14 heteroatoms. The van der Waals surface area contributed by atoms with Gasteiger partial charge in [0.2, 0.25) is 0 Å². The largest absolute Gasteiger partial charge is 0.487 e. The van der Waals surface area contributed by atoms with Crippen LogP contribution in [0.2, 0.25) is 0 Å². The van der Waals surface area contributed by atoms with Crippen LogP contribution in [0.3, 0.4) is 0 Å². The quantitative estimate of drug-likeness (QED) is 0.270. The van der Waals surface area contributed by atoms with E-state index in [4.69, 9.17) is 4.74 Å². The Labute approximate surface area is 218 Å². The van der Waals surface area contributed by atoms with Gasteiger partial charge >= 0.3 is 12.3 Å². The first-order valence-electron chi connectivity index (χ1n) is 11.5.